The maximum absolute atomic E-state index is 10.7. The molecule has 2 aliphatic rings. The minimum Gasteiger partial charge on any atom is -0.465 e. The molecule has 0 bridgehead atoms. The number of carboxylic acid groups (broad SMARTS) is 1. The van der Waals surface area contributed by atoms with Gasteiger partial charge in [0.2, 0.25) is 0 Å². The molecule has 0 saturated heterocycles. The van der Waals surface area contributed by atoms with Crippen molar-refractivity contribution in [1.82, 2.24) is 10.2 Å². The quantitative estimate of drug-likeness (QED) is 0.800. The van der Waals surface area contributed by atoms with Gasteiger partial charge in [-0.15, -0.1) is 0 Å². The molecule has 2 N–H and O–H groups in total. The number of benzene rings is 1. The Balaban J connectivity index is 0.000000386. The van der Waals surface area contributed by atoms with E-state index in [1.54, 1.807) is 0 Å². The summed E-state index contributed by atoms with van der Waals surface area (Å²) in [5.74, 6) is 0.597. The summed E-state index contributed by atoms with van der Waals surface area (Å²) in [6.07, 6.45) is 10.6. The van der Waals surface area contributed by atoms with Gasteiger partial charge < -0.3 is 15.3 Å². The van der Waals surface area contributed by atoms with Gasteiger partial charge in [0.15, 0.2) is 0 Å². The highest BCUT2D eigenvalue weighted by molar-refractivity contribution is 5.64. The van der Waals surface area contributed by atoms with Crippen LogP contribution >= 0.6 is 0 Å². The molecule has 3 rings (SSSR count). The molecule has 1 aromatic carbocycles. The van der Waals surface area contributed by atoms with Gasteiger partial charge in [0.1, 0.15) is 0 Å². The lowest BCUT2D eigenvalue weighted by Gasteiger charge is -2.37. The molecule has 0 radical (unpaired) electrons. The molecule has 0 aromatic heterocycles. The average Bonchev–Trinajstić information content (AvgIpc) is 3.17. The molecule has 0 heterocycles. The summed E-state index contributed by atoms with van der Waals surface area (Å²) in [6, 6.07) is 11.1. The van der Waals surface area contributed by atoms with Crippen LogP contribution in [0.25, 0.3) is 0 Å². The number of nitrogens with zero attached hydrogens (tertiary/aromatic N) is 1. The van der Waals surface area contributed by atoms with E-state index >= 15 is 0 Å². The van der Waals surface area contributed by atoms with Gasteiger partial charge in [-0.25, -0.2) is 4.79 Å². The molecular weight excluding hydrogens is 312 g/mol. The minimum atomic E-state index is -0.902. The molecule has 0 spiro atoms. The van der Waals surface area contributed by atoms with Crippen molar-refractivity contribution in [3.05, 3.63) is 35.9 Å². The van der Waals surface area contributed by atoms with Gasteiger partial charge in [0.25, 0.3) is 0 Å². The SMILES string of the molecule is C1CCCC1.CN(C)C(c1ccccc1)C1CCC(NC(=O)O)CC1. The zero-order valence-corrected chi connectivity index (χ0v) is 15.8. The average molecular weight is 347 g/mol. The highest BCUT2D eigenvalue weighted by Gasteiger charge is 2.30. The van der Waals surface area contributed by atoms with Crippen molar-refractivity contribution in [2.45, 2.75) is 69.9 Å². The third kappa shape index (κ3) is 6.69. The summed E-state index contributed by atoms with van der Waals surface area (Å²) in [5.41, 5.74) is 1.35. The normalized spacial score (nSPS) is 24.3. The molecule has 25 heavy (non-hydrogen) atoms. The van der Waals surface area contributed by atoms with Gasteiger partial charge in [-0.05, 0) is 51.3 Å². The Kier molecular flexibility index (Phi) is 8.26. The molecule has 2 aliphatic carbocycles. The van der Waals surface area contributed by atoms with Crippen LogP contribution in [0.5, 0.6) is 0 Å². The molecule has 4 heteroatoms. The fourth-order valence-corrected chi connectivity index (χ4v) is 4.28. The number of hydrogen-bond acceptors (Lipinski definition) is 2. The minimum absolute atomic E-state index is 0.127. The van der Waals surface area contributed by atoms with Crippen molar-refractivity contribution < 1.29 is 9.90 Å². The van der Waals surface area contributed by atoms with E-state index in [0.29, 0.717) is 12.0 Å². The van der Waals surface area contributed by atoms with Crippen LogP contribution < -0.4 is 5.32 Å². The molecule has 140 valence electrons. The van der Waals surface area contributed by atoms with Crippen LogP contribution in [0.1, 0.15) is 69.4 Å². The van der Waals surface area contributed by atoms with Crippen molar-refractivity contribution >= 4 is 6.09 Å². The van der Waals surface area contributed by atoms with E-state index in [1.807, 2.05) is 6.07 Å². The maximum atomic E-state index is 10.7. The van der Waals surface area contributed by atoms with Crippen LogP contribution in [-0.2, 0) is 0 Å². The van der Waals surface area contributed by atoms with Gasteiger partial charge in [-0.1, -0.05) is 62.4 Å². The van der Waals surface area contributed by atoms with Crippen LogP contribution in [0, 0.1) is 5.92 Å². The molecular formula is C21H34N2O2. The van der Waals surface area contributed by atoms with Gasteiger partial charge in [0, 0.05) is 12.1 Å². The zero-order valence-electron chi connectivity index (χ0n) is 15.8. The summed E-state index contributed by atoms with van der Waals surface area (Å²) >= 11 is 0. The molecule has 0 aliphatic heterocycles. The lowest BCUT2D eigenvalue weighted by atomic mass is 9.79. The zero-order chi connectivity index (χ0) is 18.1. The molecule has 1 amide bonds. The van der Waals surface area contributed by atoms with Crippen LogP contribution in [0.4, 0.5) is 4.79 Å². The summed E-state index contributed by atoms with van der Waals surface area (Å²) in [7, 11) is 4.25. The number of nitrogens with one attached hydrogen (secondary N) is 1. The Labute approximate surface area is 152 Å². The Morgan fingerprint density at radius 3 is 1.96 bits per heavy atom. The van der Waals surface area contributed by atoms with Crippen molar-refractivity contribution in [1.29, 1.82) is 0 Å². The van der Waals surface area contributed by atoms with Crippen molar-refractivity contribution in [3.8, 4) is 0 Å². The first kappa shape index (κ1) is 19.8. The van der Waals surface area contributed by atoms with E-state index in [-0.39, 0.29) is 6.04 Å². The van der Waals surface area contributed by atoms with E-state index < -0.39 is 6.09 Å². The second-order valence-electron chi connectivity index (χ2n) is 7.65. The van der Waals surface area contributed by atoms with Crippen molar-refractivity contribution in [2.24, 2.45) is 5.92 Å². The van der Waals surface area contributed by atoms with E-state index in [4.69, 9.17) is 5.11 Å². The van der Waals surface area contributed by atoms with Crippen LogP contribution in [0.3, 0.4) is 0 Å². The monoisotopic (exact) mass is 346 g/mol. The first-order valence-electron chi connectivity index (χ1n) is 9.78. The number of carbonyl (C=O) groups is 1. The summed E-state index contributed by atoms with van der Waals surface area (Å²) in [4.78, 5) is 13.0. The number of amides is 1. The summed E-state index contributed by atoms with van der Waals surface area (Å²) < 4.78 is 0. The van der Waals surface area contributed by atoms with Gasteiger partial charge >= 0.3 is 6.09 Å². The molecule has 2 fully saturated rings. The lowest BCUT2D eigenvalue weighted by Crippen LogP contribution is -2.39. The van der Waals surface area contributed by atoms with E-state index in [1.165, 1.54) is 37.7 Å². The predicted molar refractivity (Wildman–Crippen MR) is 103 cm³/mol. The first-order valence-corrected chi connectivity index (χ1v) is 9.78. The van der Waals surface area contributed by atoms with Crippen LogP contribution in [-0.4, -0.2) is 36.2 Å². The summed E-state index contributed by atoms with van der Waals surface area (Å²) in [6.45, 7) is 0. The Morgan fingerprint density at radius 1 is 1.00 bits per heavy atom. The van der Waals surface area contributed by atoms with Crippen LogP contribution in [0.2, 0.25) is 0 Å². The fourth-order valence-electron chi connectivity index (χ4n) is 4.28. The van der Waals surface area contributed by atoms with Crippen molar-refractivity contribution in [3.63, 3.8) is 0 Å². The van der Waals surface area contributed by atoms with Crippen LogP contribution in [0.15, 0.2) is 30.3 Å². The molecule has 1 atom stereocenters. The first-order chi connectivity index (χ1) is 12.1. The fraction of sp³-hybridized carbons (Fsp3) is 0.667. The molecule has 1 unspecified atom stereocenters. The predicted octanol–water partition coefficient (Wildman–Crippen LogP) is 5.07. The third-order valence-corrected chi connectivity index (χ3v) is 5.49. The van der Waals surface area contributed by atoms with E-state index in [0.717, 1.165) is 25.7 Å². The van der Waals surface area contributed by atoms with Gasteiger partial charge in [-0.3, -0.25) is 0 Å². The standard InChI is InChI=1S/C16H24N2O2.C5H10/c1-18(2)15(12-6-4-3-5-7-12)13-8-10-14(11-9-13)17-16(19)20;1-2-4-5-3-1/h3-7,13-15,17H,8-11H2,1-2H3,(H,19,20);1-5H2. The Bertz CT molecular complexity index is 484. The van der Waals surface area contributed by atoms with Crippen molar-refractivity contribution in [2.75, 3.05) is 14.1 Å². The number of hydrogen-bond donors (Lipinski definition) is 2. The van der Waals surface area contributed by atoms with E-state index in [2.05, 4.69) is 48.6 Å². The highest BCUT2D eigenvalue weighted by Crippen LogP contribution is 2.37. The molecule has 1 aromatic rings. The highest BCUT2D eigenvalue weighted by atomic mass is 16.4. The number of rotatable bonds is 4. The van der Waals surface area contributed by atoms with Gasteiger partial charge in [-0.2, -0.15) is 0 Å². The molecule has 2 saturated carbocycles. The molecule has 4 nitrogen and oxygen atoms in total. The summed E-state index contributed by atoms with van der Waals surface area (Å²) in [5, 5.41) is 11.4. The third-order valence-electron chi connectivity index (χ3n) is 5.49. The Morgan fingerprint density at radius 2 is 1.52 bits per heavy atom. The lowest BCUT2D eigenvalue weighted by molar-refractivity contribution is 0.149. The second kappa shape index (κ2) is 10.4. The maximum Gasteiger partial charge on any atom is 0.404 e. The van der Waals surface area contributed by atoms with E-state index in [9.17, 15) is 4.79 Å². The largest absolute Gasteiger partial charge is 0.465 e. The Hall–Kier alpha value is -1.55. The smallest absolute Gasteiger partial charge is 0.404 e. The van der Waals surface area contributed by atoms with Gasteiger partial charge in [0.05, 0.1) is 0 Å². The second-order valence-corrected chi connectivity index (χ2v) is 7.65. The topological polar surface area (TPSA) is 52.6 Å².